The van der Waals surface area contributed by atoms with Crippen molar-refractivity contribution in [1.82, 2.24) is 4.98 Å². The highest BCUT2D eigenvalue weighted by Gasteiger charge is 2.04. The summed E-state index contributed by atoms with van der Waals surface area (Å²) < 4.78 is 0. The molecular weight excluding hydrogens is 302 g/mol. The van der Waals surface area contributed by atoms with Gasteiger partial charge in [-0.05, 0) is 43.2 Å². The van der Waals surface area contributed by atoms with Crippen molar-refractivity contribution in [2.75, 3.05) is 0 Å². The van der Waals surface area contributed by atoms with Gasteiger partial charge in [0.1, 0.15) is 0 Å². The summed E-state index contributed by atoms with van der Waals surface area (Å²) in [5.41, 5.74) is 5.18. The van der Waals surface area contributed by atoms with Crippen LogP contribution in [0.5, 0.6) is 0 Å². The number of H-pyrrole nitrogens is 1. The van der Waals surface area contributed by atoms with E-state index in [4.69, 9.17) is 0 Å². The van der Waals surface area contributed by atoms with E-state index < -0.39 is 0 Å². The van der Waals surface area contributed by atoms with E-state index >= 15 is 0 Å². The monoisotopic (exact) mass is 319 g/mol. The number of benzene rings is 2. The predicted molar refractivity (Wildman–Crippen MR) is 104 cm³/mol. The Morgan fingerprint density at radius 3 is 2.44 bits per heavy atom. The number of allylic oxidation sites excluding steroid dienone is 4. The van der Waals surface area contributed by atoms with Gasteiger partial charge in [0.05, 0.1) is 5.52 Å². The maximum absolute atomic E-state index is 3.31. The van der Waals surface area contributed by atoms with E-state index in [-0.39, 0.29) is 0 Å². The molecule has 0 unspecified atom stereocenters. The lowest BCUT2D eigenvalue weighted by Gasteiger charge is -2.00. The minimum absolute atomic E-state index is 0.992. The highest BCUT2D eigenvalue weighted by atomic mass is 14.7. The fraction of sp³-hybridized carbons (Fsp3) is 0.0833. The third kappa shape index (κ3) is 3.42. The zero-order valence-electron chi connectivity index (χ0n) is 13.8. The number of aromatic amines is 1. The molecule has 4 rings (SSSR count). The molecule has 0 bridgehead atoms. The first-order chi connectivity index (χ1) is 12.4. The number of fused-ring (bicyclic) bond motifs is 1. The summed E-state index contributed by atoms with van der Waals surface area (Å²) in [7, 11) is 0. The predicted octanol–water partition coefficient (Wildman–Crippen LogP) is 5.20. The van der Waals surface area contributed by atoms with Crippen LogP contribution in [0, 0.1) is 23.7 Å². The first-order valence-corrected chi connectivity index (χ1v) is 8.46. The lowest BCUT2D eigenvalue weighted by molar-refractivity contribution is 1.03. The lowest BCUT2D eigenvalue weighted by Crippen LogP contribution is -1.85. The molecule has 2 aromatic carbocycles. The highest BCUT2D eigenvalue weighted by molar-refractivity contribution is 5.90. The molecule has 118 valence electrons. The van der Waals surface area contributed by atoms with Crippen molar-refractivity contribution in [3.8, 4) is 23.7 Å². The average molecular weight is 319 g/mol. The molecule has 1 heterocycles. The van der Waals surface area contributed by atoms with Crippen molar-refractivity contribution in [3.05, 3.63) is 95.2 Å². The highest BCUT2D eigenvalue weighted by Crippen LogP contribution is 2.21. The molecule has 1 aromatic heterocycles. The Balaban J connectivity index is 1.70. The molecule has 0 spiro atoms. The molecule has 0 fully saturated rings. The Kier molecular flexibility index (Phi) is 4.23. The maximum atomic E-state index is 3.31. The van der Waals surface area contributed by atoms with Gasteiger partial charge in [-0.2, -0.15) is 0 Å². The molecule has 0 atom stereocenters. The van der Waals surface area contributed by atoms with Crippen molar-refractivity contribution in [2.45, 2.75) is 12.8 Å². The second-order valence-electron chi connectivity index (χ2n) is 5.93. The SMILES string of the molecule is C(#Cc1ccc(C#Cc2ccccc2)c2[nH]ccc12)C1=CCCC=C1. The molecule has 1 heteroatoms. The van der Waals surface area contributed by atoms with Gasteiger partial charge in [0.25, 0.3) is 0 Å². The van der Waals surface area contributed by atoms with Crippen LogP contribution in [0.1, 0.15) is 29.5 Å². The second kappa shape index (κ2) is 7.00. The van der Waals surface area contributed by atoms with E-state index in [0.717, 1.165) is 46.0 Å². The summed E-state index contributed by atoms with van der Waals surface area (Å²) in [6.07, 6.45) is 10.6. The Bertz CT molecular complexity index is 1090. The fourth-order valence-electron chi connectivity index (χ4n) is 2.88. The van der Waals surface area contributed by atoms with Crippen molar-refractivity contribution in [1.29, 1.82) is 0 Å². The van der Waals surface area contributed by atoms with Crippen LogP contribution in [0.25, 0.3) is 10.9 Å². The normalized spacial score (nSPS) is 12.7. The number of rotatable bonds is 0. The number of nitrogens with one attached hydrogen (secondary N) is 1. The maximum Gasteiger partial charge on any atom is 0.0625 e. The van der Waals surface area contributed by atoms with E-state index in [1.54, 1.807) is 0 Å². The van der Waals surface area contributed by atoms with Crippen LogP contribution < -0.4 is 0 Å². The molecule has 0 saturated heterocycles. The van der Waals surface area contributed by atoms with Crippen molar-refractivity contribution in [3.63, 3.8) is 0 Å². The van der Waals surface area contributed by atoms with Gasteiger partial charge in [-0.3, -0.25) is 0 Å². The van der Waals surface area contributed by atoms with Gasteiger partial charge < -0.3 is 4.98 Å². The molecule has 1 aliphatic rings. The molecule has 0 saturated carbocycles. The van der Waals surface area contributed by atoms with Gasteiger partial charge in [-0.1, -0.05) is 60.1 Å². The minimum Gasteiger partial charge on any atom is -0.360 e. The van der Waals surface area contributed by atoms with Crippen LogP contribution in [0.15, 0.2) is 78.5 Å². The van der Waals surface area contributed by atoms with Gasteiger partial charge in [-0.25, -0.2) is 0 Å². The van der Waals surface area contributed by atoms with Gasteiger partial charge >= 0.3 is 0 Å². The zero-order valence-corrected chi connectivity index (χ0v) is 13.8. The van der Waals surface area contributed by atoms with Crippen molar-refractivity contribution >= 4 is 10.9 Å². The zero-order chi connectivity index (χ0) is 16.9. The van der Waals surface area contributed by atoms with Crippen LogP contribution in [-0.4, -0.2) is 4.98 Å². The Morgan fingerprint density at radius 1 is 0.760 bits per heavy atom. The van der Waals surface area contributed by atoms with E-state index in [9.17, 15) is 0 Å². The lowest BCUT2D eigenvalue weighted by atomic mass is 10.0. The summed E-state index contributed by atoms with van der Waals surface area (Å²) in [6.45, 7) is 0. The quantitative estimate of drug-likeness (QED) is 0.548. The molecule has 0 radical (unpaired) electrons. The molecule has 0 amide bonds. The molecule has 1 nitrogen and oxygen atoms in total. The van der Waals surface area contributed by atoms with Gasteiger partial charge in [0.2, 0.25) is 0 Å². The Morgan fingerprint density at radius 2 is 1.60 bits per heavy atom. The topological polar surface area (TPSA) is 15.8 Å². The van der Waals surface area contributed by atoms with Crippen LogP contribution in [0.2, 0.25) is 0 Å². The second-order valence-corrected chi connectivity index (χ2v) is 5.93. The number of aromatic nitrogens is 1. The van der Waals surface area contributed by atoms with E-state index in [0.29, 0.717) is 0 Å². The summed E-state index contributed by atoms with van der Waals surface area (Å²) in [5.74, 6) is 13.1. The molecule has 3 aromatic rings. The van der Waals surface area contributed by atoms with Gasteiger partial charge in [0, 0.05) is 33.8 Å². The smallest absolute Gasteiger partial charge is 0.0625 e. The first kappa shape index (κ1) is 15.1. The molecule has 25 heavy (non-hydrogen) atoms. The number of hydrogen-bond acceptors (Lipinski definition) is 0. The van der Waals surface area contributed by atoms with Crippen LogP contribution in [0.4, 0.5) is 0 Å². The minimum atomic E-state index is 0.992. The first-order valence-electron chi connectivity index (χ1n) is 8.46. The van der Waals surface area contributed by atoms with Crippen LogP contribution in [-0.2, 0) is 0 Å². The third-order valence-corrected chi connectivity index (χ3v) is 4.17. The van der Waals surface area contributed by atoms with Crippen LogP contribution in [0.3, 0.4) is 0 Å². The van der Waals surface area contributed by atoms with Crippen LogP contribution >= 0.6 is 0 Å². The van der Waals surface area contributed by atoms with Gasteiger partial charge in [0.15, 0.2) is 0 Å². The summed E-state index contributed by atoms with van der Waals surface area (Å²) >= 11 is 0. The van der Waals surface area contributed by atoms with E-state index in [1.807, 2.05) is 42.6 Å². The number of hydrogen-bond donors (Lipinski definition) is 1. The van der Waals surface area contributed by atoms with Gasteiger partial charge in [-0.15, -0.1) is 0 Å². The molecular formula is C24H17N. The summed E-state index contributed by atoms with van der Waals surface area (Å²) in [5, 5.41) is 1.12. The van der Waals surface area contributed by atoms with Crippen molar-refractivity contribution in [2.24, 2.45) is 0 Å². The summed E-state index contributed by atoms with van der Waals surface area (Å²) in [4.78, 5) is 3.30. The van der Waals surface area contributed by atoms with Crippen molar-refractivity contribution < 1.29 is 0 Å². The largest absolute Gasteiger partial charge is 0.360 e. The average Bonchev–Trinajstić information content (AvgIpc) is 3.17. The Labute approximate surface area is 148 Å². The third-order valence-electron chi connectivity index (χ3n) is 4.17. The molecule has 1 aliphatic carbocycles. The van der Waals surface area contributed by atoms with E-state index in [1.165, 1.54) is 0 Å². The molecule has 0 aliphatic heterocycles. The molecule has 1 N–H and O–H groups in total. The Hall–Kier alpha value is -3.42. The standard InChI is InChI=1S/C24H17N/c1-3-7-19(8-4-1)11-13-21-15-16-22(24-23(21)17-18-25-24)14-12-20-9-5-2-6-10-20/h2-3,5-10,15-18,25H,1,4H2. The fourth-order valence-corrected chi connectivity index (χ4v) is 2.88. The van der Waals surface area contributed by atoms with E-state index in [2.05, 4.69) is 59.0 Å². The summed E-state index contributed by atoms with van der Waals surface area (Å²) in [6, 6.07) is 16.2.